The van der Waals surface area contributed by atoms with Crippen LogP contribution in [0.1, 0.15) is 82.6 Å². The van der Waals surface area contributed by atoms with Crippen molar-refractivity contribution in [2.24, 2.45) is 0 Å². The lowest BCUT2D eigenvalue weighted by Gasteiger charge is -2.43. The molecule has 3 unspecified atom stereocenters. The molecule has 3 atom stereocenters. The van der Waals surface area contributed by atoms with E-state index in [0.29, 0.717) is 18.5 Å². The van der Waals surface area contributed by atoms with Crippen molar-refractivity contribution in [1.29, 1.82) is 0 Å². The van der Waals surface area contributed by atoms with Crippen molar-refractivity contribution in [3.05, 3.63) is 144 Å². The van der Waals surface area contributed by atoms with Crippen molar-refractivity contribution >= 4 is 24.2 Å². The number of carbonyl (C=O) groups excluding carboxylic acids is 2. The fourth-order valence-corrected chi connectivity index (χ4v) is 6.97. The average molecular weight is 699 g/mol. The van der Waals surface area contributed by atoms with Gasteiger partial charge in [0.2, 0.25) is 0 Å². The molecule has 0 saturated carbocycles. The number of nitrogens with zero attached hydrogens (tertiary/aromatic N) is 2. The highest BCUT2D eigenvalue weighted by molar-refractivity contribution is 5.93. The van der Waals surface area contributed by atoms with E-state index in [0.717, 1.165) is 30.4 Å². The zero-order valence-electron chi connectivity index (χ0n) is 31.6. The van der Waals surface area contributed by atoms with Crippen molar-refractivity contribution in [3.8, 4) is 0 Å². The first-order chi connectivity index (χ1) is 23.4. The number of ether oxygens (including phenoxy) is 1. The highest BCUT2D eigenvalue weighted by atomic mass is 35.5. The van der Waals surface area contributed by atoms with Crippen LogP contribution in [0.25, 0.3) is 0 Å². The summed E-state index contributed by atoms with van der Waals surface area (Å²) in [6.45, 7) is 9.96. The number of rotatable bonds is 15. The third-order valence-corrected chi connectivity index (χ3v) is 10.1. The van der Waals surface area contributed by atoms with Gasteiger partial charge >= 0.3 is 5.97 Å². The van der Waals surface area contributed by atoms with Crippen LogP contribution >= 0.6 is 12.4 Å². The molecule has 0 spiro atoms. The standard InChI is InChI=1S/C23H31NO2.C21H27NO.ClH/c1-6-22(26-19(3)25)23(17-18(2)24(4)5,20-13-9-7-10-14-20)21-15-11-8-12-16-21;1-5-20(23)21(16-17(2)22(3)4,18-12-8-6-9-13-18)19-14-10-7-11-15-19;/h7-16,18,22H,6,17H2,1-5H3;6-15,17H,5,16H2,1-4H3;1H. The minimum absolute atomic E-state index is 0. The van der Waals surface area contributed by atoms with E-state index in [9.17, 15) is 9.59 Å². The van der Waals surface area contributed by atoms with Crippen LogP contribution in [0.4, 0.5) is 0 Å². The molecule has 0 aliphatic heterocycles. The molecular weight excluding hydrogens is 640 g/mol. The Bertz CT molecular complexity index is 1470. The van der Waals surface area contributed by atoms with E-state index < -0.39 is 10.8 Å². The normalized spacial score (nSPS) is 13.3. The van der Waals surface area contributed by atoms with E-state index in [1.807, 2.05) is 55.5 Å². The Balaban J connectivity index is 0.000000342. The predicted octanol–water partition coefficient (Wildman–Crippen LogP) is 9.37. The summed E-state index contributed by atoms with van der Waals surface area (Å²) >= 11 is 0. The number of halogens is 1. The van der Waals surface area contributed by atoms with Crippen molar-refractivity contribution in [2.45, 2.75) is 89.3 Å². The highest BCUT2D eigenvalue weighted by Crippen LogP contribution is 2.43. The molecular formula is C44H59ClN2O3. The number of Topliss-reactive ketones (excluding diaryl/α,β-unsaturated/α-hetero) is 1. The van der Waals surface area contributed by atoms with Crippen molar-refractivity contribution in [2.75, 3.05) is 28.2 Å². The zero-order chi connectivity index (χ0) is 36.0. The first kappa shape index (κ1) is 42.4. The lowest BCUT2D eigenvalue weighted by Crippen LogP contribution is -2.47. The maximum atomic E-state index is 13.2. The molecule has 4 rings (SSSR count). The number of carbonyl (C=O) groups is 2. The van der Waals surface area contributed by atoms with Crippen molar-refractivity contribution in [1.82, 2.24) is 9.80 Å². The van der Waals surface area contributed by atoms with Gasteiger partial charge in [-0.15, -0.1) is 12.4 Å². The van der Waals surface area contributed by atoms with Crippen LogP contribution in [0.2, 0.25) is 0 Å². The summed E-state index contributed by atoms with van der Waals surface area (Å²) in [5.74, 6) is 0.0502. The summed E-state index contributed by atoms with van der Waals surface area (Å²) in [6, 6.07) is 42.0. The van der Waals surface area contributed by atoms with Gasteiger partial charge in [-0.25, -0.2) is 0 Å². The third-order valence-electron chi connectivity index (χ3n) is 10.1. The molecule has 0 aromatic heterocycles. The van der Waals surface area contributed by atoms with Gasteiger partial charge in [-0.2, -0.15) is 0 Å². The molecule has 0 N–H and O–H groups in total. The Morgan fingerprint density at radius 3 is 1.24 bits per heavy atom. The van der Waals surface area contributed by atoms with Crippen LogP contribution in [-0.4, -0.2) is 67.9 Å². The molecule has 4 aromatic carbocycles. The Morgan fingerprint density at radius 2 is 0.940 bits per heavy atom. The third kappa shape index (κ3) is 10.2. The number of benzene rings is 4. The Hall–Kier alpha value is -3.77. The van der Waals surface area contributed by atoms with E-state index >= 15 is 0 Å². The average Bonchev–Trinajstić information content (AvgIpc) is 3.13. The minimum Gasteiger partial charge on any atom is -0.461 e. The zero-order valence-corrected chi connectivity index (χ0v) is 32.5. The minimum atomic E-state index is -0.582. The smallest absolute Gasteiger partial charge is 0.302 e. The molecule has 0 bridgehead atoms. The lowest BCUT2D eigenvalue weighted by atomic mass is 9.66. The highest BCUT2D eigenvalue weighted by Gasteiger charge is 2.45. The first-order valence-electron chi connectivity index (χ1n) is 17.7. The van der Waals surface area contributed by atoms with Crippen molar-refractivity contribution in [3.63, 3.8) is 0 Å². The van der Waals surface area contributed by atoms with Crippen molar-refractivity contribution < 1.29 is 14.3 Å². The lowest BCUT2D eigenvalue weighted by molar-refractivity contribution is -0.150. The Kier molecular flexibility index (Phi) is 17.1. The van der Waals surface area contributed by atoms with Gasteiger partial charge in [-0.3, -0.25) is 9.59 Å². The second-order valence-electron chi connectivity index (χ2n) is 13.7. The second-order valence-corrected chi connectivity index (χ2v) is 13.7. The first-order valence-corrected chi connectivity index (χ1v) is 17.7. The molecule has 0 heterocycles. The van der Waals surface area contributed by atoms with Gasteiger partial charge in [-0.05, 0) is 83.6 Å². The van der Waals surface area contributed by atoms with Gasteiger partial charge in [0.15, 0.2) is 0 Å². The molecule has 270 valence electrons. The van der Waals surface area contributed by atoms with Gasteiger partial charge in [0.25, 0.3) is 0 Å². The number of esters is 1. The van der Waals surface area contributed by atoms with E-state index in [1.165, 1.54) is 18.1 Å². The summed E-state index contributed by atoms with van der Waals surface area (Å²) in [5.41, 5.74) is 3.58. The van der Waals surface area contributed by atoms with Gasteiger partial charge in [0.05, 0.1) is 10.8 Å². The summed E-state index contributed by atoms with van der Waals surface area (Å²) < 4.78 is 5.90. The molecule has 0 aliphatic rings. The topological polar surface area (TPSA) is 49.9 Å². The molecule has 0 amide bonds. The van der Waals surface area contributed by atoms with Gasteiger partial charge in [-0.1, -0.05) is 135 Å². The Labute approximate surface area is 308 Å². The van der Waals surface area contributed by atoms with Gasteiger partial charge in [0, 0.05) is 25.4 Å². The summed E-state index contributed by atoms with van der Waals surface area (Å²) in [5, 5.41) is 0. The van der Waals surface area contributed by atoms with Crippen LogP contribution in [0, 0.1) is 0 Å². The molecule has 0 saturated heterocycles. The molecule has 4 aromatic rings. The van der Waals surface area contributed by atoms with E-state index in [2.05, 4.69) is 132 Å². The molecule has 50 heavy (non-hydrogen) atoms. The van der Waals surface area contributed by atoms with E-state index in [-0.39, 0.29) is 30.3 Å². The van der Waals surface area contributed by atoms with Crippen LogP contribution < -0.4 is 0 Å². The monoisotopic (exact) mass is 698 g/mol. The van der Waals surface area contributed by atoms with Crippen LogP contribution in [0.5, 0.6) is 0 Å². The summed E-state index contributed by atoms with van der Waals surface area (Å²) in [6.07, 6.45) is 2.70. The fourth-order valence-electron chi connectivity index (χ4n) is 6.97. The quantitative estimate of drug-likeness (QED) is 0.116. The molecule has 0 fully saturated rings. The number of ketones is 1. The predicted molar refractivity (Wildman–Crippen MR) is 211 cm³/mol. The maximum absolute atomic E-state index is 13.2. The van der Waals surface area contributed by atoms with E-state index in [1.54, 1.807) is 0 Å². The van der Waals surface area contributed by atoms with Crippen LogP contribution in [0.15, 0.2) is 121 Å². The van der Waals surface area contributed by atoms with Gasteiger partial charge in [0.1, 0.15) is 11.9 Å². The largest absolute Gasteiger partial charge is 0.461 e. The number of hydrogen-bond acceptors (Lipinski definition) is 5. The molecule has 0 aliphatic carbocycles. The van der Waals surface area contributed by atoms with E-state index in [4.69, 9.17) is 4.74 Å². The SMILES string of the molecule is CCC(=O)C(CC(C)N(C)C)(c1ccccc1)c1ccccc1.CCC(OC(C)=O)C(CC(C)N(C)C)(c1ccccc1)c1ccccc1.Cl. The van der Waals surface area contributed by atoms with Crippen LogP contribution in [-0.2, 0) is 25.2 Å². The van der Waals surface area contributed by atoms with Crippen LogP contribution in [0.3, 0.4) is 0 Å². The Morgan fingerprint density at radius 1 is 0.600 bits per heavy atom. The maximum Gasteiger partial charge on any atom is 0.302 e. The molecule has 0 radical (unpaired) electrons. The number of hydrogen-bond donors (Lipinski definition) is 0. The fraction of sp³-hybridized carbons (Fsp3) is 0.409. The van der Waals surface area contributed by atoms with Gasteiger partial charge < -0.3 is 14.5 Å². The second kappa shape index (κ2) is 20.2. The molecule has 5 nitrogen and oxygen atoms in total. The summed E-state index contributed by atoms with van der Waals surface area (Å²) in [7, 11) is 8.33. The summed E-state index contributed by atoms with van der Waals surface area (Å²) in [4.78, 5) is 29.5. The molecule has 6 heteroatoms.